The third-order valence-corrected chi connectivity index (χ3v) is 4.49. The highest BCUT2D eigenvalue weighted by Crippen LogP contribution is 2.30. The molecule has 0 saturated heterocycles. The van der Waals surface area contributed by atoms with Crippen LogP contribution >= 0.6 is 23.4 Å². The minimum absolute atomic E-state index is 0.222. The van der Waals surface area contributed by atoms with Crippen LogP contribution in [0, 0.1) is 5.82 Å². The fourth-order valence-electron chi connectivity index (χ4n) is 1.75. The maximum Gasteiger partial charge on any atom is 0.165 e. The Morgan fingerprint density at radius 1 is 1.30 bits per heavy atom. The first-order valence-corrected chi connectivity index (χ1v) is 7.44. The molecule has 0 bridgehead atoms. The van der Waals surface area contributed by atoms with Gasteiger partial charge in [0.25, 0.3) is 0 Å². The molecule has 2 nitrogen and oxygen atoms in total. The lowest BCUT2D eigenvalue weighted by molar-refractivity contribution is 0.386. The van der Waals surface area contributed by atoms with Gasteiger partial charge in [-0.1, -0.05) is 29.8 Å². The van der Waals surface area contributed by atoms with Gasteiger partial charge < -0.3 is 10.5 Å². The zero-order valence-corrected chi connectivity index (χ0v) is 12.5. The van der Waals surface area contributed by atoms with E-state index in [1.807, 2.05) is 24.3 Å². The van der Waals surface area contributed by atoms with Crippen LogP contribution in [0.25, 0.3) is 0 Å². The molecule has 0 aliphatic carbocycles. The van der Waals surface area contributed by atoms with Gasteiger partial charge >= 0.3 is 0 Å². The molecular formula is C15H15ClFNOS. The topological polar surface area (TPSA) is 35.2 Å². The van der Waals surface area contributed by atoms with E-state index >= 15 is 0 Å². The molecule has 2 aromatic rings. The van der Waals surface area contributed by atoms with Crippen LogP contribution < -0.4 is 10.5 Å². The predicted octanol–water partition coefficient (Wildman–Crippen LogP) is 4.28. The normalized spacial score (nSPS) is 12.2. The molecule has 0 aliphatic heterocycles. The first-order chi connectivity index (χ1) is 9.61. The van der Waals surface area contributed by atoms with E-state index in [9.17, 15) is 4.39 Å². The molecule has 2 rings (SSSR count). The van der Waals surface area contributed by atoms with E-state index in [0.717, 1.165) is 10.5 Å². The molecule has 20 heavy (non-hydrogen) atoms. The number of nitrogens with two attached hydrogens (primary N) is 1. The SMILES string of the molecule is COc1ccc(C(N)CSc2ccccc2Cl)cc1F. The highest BCUT2D eigenvalue weighted by Gasteiger charge is 2.11. The van der Waals surface area contributed by atoms with Crippen molar-refractivity contribution >= 4 is 23.4 Å². The average Bonchev–Trinajstić information content (AvgIpc) is 2.46. The smallest absolute Gasteiger partial charge is 0.165 e. The molecule has 5 heteroatoms. The molecule has 0 aliphatic rings. The fraction of sp³-hybridized carbons (Fsp3) is 0.200. The molecule has 0 saturated carbocycles. The summed E-state index contributed by atoms with van der Waals surface area (Å²) in [7, 11) is 1.44. The van der Waals surface area contributed by atoms with Crippen LogP contribution in [0.3, 0.4) is 0 Å². The number of thioether (sulfide) groups is 1. The number of rotatable bonds is 5. The molecular weight excluding hydrogens is 297 g/mol. The largest absolute Gasteiger partial charge is 0.494 e. The monoisotopic (exact) mass is 311 g/mol. The molecule has 1 unspecified atom stereocenters. The number of methoxy groups -OCH3 is 1. The van der Waals surface area contributed by atoms with Crippen molar-refractivity contribution in [2.45, 2.75) is 10.9 Å². The number of halogens is 2. The van der Waals surface area contributed by atoms with Crippen molar-refractivity contribution < 1.29 is 9.13 Å². The summed E-state index contributed by atoms with van der Waals surface area (Å²) in [6.45, 7) is 0. The summed E-state index contributed by atoms with van der Waals surface area (Å²) in [5, 5.41) is 0.700. The van der Waals surface area contributed by atoms with E-state index in [4.69, 9.17) is 22.1 Å². The van der Waals surface area contributed by atoms with Gasteiger partial charge in [0.2, 0.25) is 0 Å². The van der Waals surface area contributed by atoms with Gasteiger partial charge in [-0.15, -0.1) is 11.8 Å². The highest BCUT2D eigenvalue weighted by molar-refractivity contribution is 7.99. The second-order valence-corrected chi connectivity index (χ2v) is 5.71. The number of benzene rings is 2. The lowest BCUT2D eigenvalue weighted by atomic mass is 10.1. The maximum atomic E-state index is 13.6. The van der Waals surface area contributed by atoms with Crippen LogP contribution in [0.4, 0.5) is 4.39 Å². The second-order valence-electron chi connectivity index (χ2n) is 4.24. The summed E-state index contributed by atoms with van der Waals surface area (Å²) in [6, 6.07) is 12.1. The molecule has 0 aromatic heterocycles. The Kier molecular flexibility index (Phi) is 5.29. The van der Waals surface area contributed by atoms with Crippen LogP contribution in [0.2, 0.25) is 5.02 Å². The molecule has 106 valence electrons. The molecule has 2 aromatic carbocycles. The molecule has 2 N–H and O–H groups in total. The van der Waals surface area contributed by atoms with Crippen molar-refractivity contribution in [3.63, 3.8) is 0 Å². The Morgan fingerprint density at radius 3 is 2.70 bits per heavy atom. The standard InChI is InChI=1S/C15H15ClFNOS/c1-19-14-7-6-10(8-12(14)17)13(18)9-20-15-5-3-2-4-11(15)16/h2-8,13H,9,18H2,1H3. The van der Waals surface area contributed by atoms with E-state index in [1.165, 1.54) is 13.2 Å². The van der Waals surface area contributed by atoms with Gasteiger partial charge in [0.15, 0.2) is 11.6 Å². The lowest BCUT2D eigenvalue weighted by Crippen LogP contribution is -2.13. The summed E-state index contributed by atoms with van der Waals surface area (Å²) >= 11 is 7.64. The van der Waals surface area contributed by atoms with Gasteiger partial charge in [0.1, 0.15) is 0 Å². The predicted molar refractivity (Wildman–Crippen MR) is 82.1 cm³/mol. The summed E-state index contributed by atoms with van der Waals surface area (Å²) < 4.78 is 18.5. The first kappa shape index (κ1) is 15.2. The molecule has 0 amide bonds. The number of hydrogen-bond acceptors (Lipinski definition) is 3. The van der Waals surface area contributed by atoms with Crippen molar-refractivity contribution in [3.8, 4) is 5.75 Å². The Morgan fingerprint density at radius 2 is 2.05 bits per heavy atom. The van der Waals surface area contributed by atoms with Gasteiger partial charge in [0.05, 0.1) is 12.1 Å². The highest BCUT2D eigenvalue weighted by atomic mass is 35.5. The minimum Gasteiger partial charge on any atom is -0.494 e. The molecule has 1 atom stereocenters. The van der Waals surface area contributed by atoms with Gasteiger partial charge in [-0.05, 0) is 29.8 Å². The number of ether oxygens (including phenoxy) is 1. The minimum atomic E-state index is -0.400. The molecule has 0 radical (unpaired) electrons. The van der Waals surface area contributed by atoms with Crippen molar-refractivity contribution in [3.05, 3.63) is 58.9 Å². The zero-order chi connectivity index (χ0) is 14.5. The van der Waals surface area contributed by atoms with Crippen molar-refractivity contribution in [2.24, 2.45) is 5.73 Å². The van der Waals surface area contributed by atoms with Crippen molar-refractivity contribution in [2.75, 3.05) is 12.9 Å². The van der Waals surface area contributed by atoms with Crippen molar-refractivity contribution in [1.82, 2.24) is 0 Å². The van der Waals surface area contributed by atoms with E-state index in [2.05, 4.69) is 0 Å². The Bertz CT molecular complexity index is 594. The zero-order valence-electron chi connectivity index (χ0n) is 11.0. The Labute approximate surface area is 127 Å². The first-order valence-electron chi connectivity index (χ1n) is 6.08. The third kappa shape index (κ3) is 3.66. The molecule has 0 heterocycles. The third-order valence-electron chi connectivity index (χ3n) is 2.86. The quantitative estimate of drug-likeness (QED) is 0.837. The second kappa shape index (κ2) is 6.97. The Balaban J connectivity index is 2.03. The van der Waals surface area contributed by atoms with Crippen LogP contribution in [-0.4, -0.2) is 12.9 Å². The maximum absolute atomic E-state index is 13.6. The van der Waals surface area contributed by atoms with Crippen LogP contribution in [-0.2, 0) is 0 Å². The number of hydrogen-bond donors (Lipinski definition) is 1. The Hall–Kier alpha value is -1.23. The van der Waals surface area contributed by atoms with Gasteiger partial charge in [-0.2, -0.15) is 0 Å². The van der Waals surface area contributed by atoms with Crippen LogP contribution in [0.15, 0.2) is 47.4 Å². The lowest BCUT2D eigenvalue weighted by Gasteiger charge is -2.13. The van der Waals surface area contributed by atoms with Gasteiger partial charge in [0, 0.05) is 16.7 Å². The van der Waals surface area contributed by atoms with E-state index < -0.39 is 5.82 Å². The van der Waals surface area contributed by atoms with E-state index in [-0.39, 0.29) is 11.8 Å². The van der Waals surface area contributed by atoms with Crippen molar-refractivity contribution in [1.29, 1.82) is 0 Å². The summed E-state index contributed by atoms with van der Waals surface area (Å²) in [6.07, 6.45) is 0. The summed E-state index contributed by atoms with van der Waals surface area (Å²) in [4.78, 5) is 0.971. The average molecular weight is 312 g/mol. The van der Waals surface area contributed by atoms with Gasteiger partial charge in [-0.25, -0.2) is 4.39 Å². The van der Waals surface area contributed by atoms with E-state index in [0.29, 0.717) is 10.8 Å². The van der Waals surface area contributed by atoms with Crippen LogP contribution in [0.5, 0.6) is 5.75 Å². The van der Waals surface area contributed by atoms with Gasteiger partial charge in [-0.3, -0.25) is 0 Å². The summed E-state index contributed by atoms with van der Waals surface area (Å²) in [5.41, 5.74) is 6.82. The van der Waals surface area contributed by atoms with E-state index in [1.54, 1.807) is 23.9 Å². The molecule has 0 fully saturated rings. The molecule has 0 spiro atoms. The van der Waals surface area contributed by atoms with Crippen LogP contribution in [0.1, 0.15) is 11.6 Å². The summed E-state index contributed by atoms with van der Waals surface area (Å²) in [5.74, 6) is 0.443. The fourth-order valence-corrected chi connectivity index (χ4v) is 2.98.